The maximum absolute atomic E-state index is 12.5. The third-order valence-corrected chi connectivity index (χ3v) is 5.67. The van der Waals surface area contributed by atoms with E-state index in [1.165, 1.54) is 15.6 Å². The number of thiophene rings is 1. The predicted molar refractivity (Wildman–Crippen MR) is 73.4 cm³/mol. The van der Waals surface area contributed by atoms with Gasteiger partial charge in [0.2, 0.25) is 10.0 Å². The Balaban J connectivity index is 2.99. The number of methoxy groups -OCH3 is 1. The molecule has 7 heteroatoms. The second kappa shape index (κ2) is 7.20. The Morgan fingerprint density at radius 1 is 1.50 bits per heavy atom. The molecule has 1 N–H and O–H groups in total. The molecule has 0 radical (unpaired) electrons. The third kappa shape index (κ3) is 3.52. The van der Waals surface area contributed by atoms with Gasteiger partial charge in [-0.1, -0.05) is 6.92 Å². The van der Waals surface area contributed by atoms with Crippen molar-refractivity contribution < 1.29 is 13.2 Å². The second-order valence-corrected chi connectivity index (χ2v) is 6.63. The van der Waals surface area contributed by atoms with Crippen molar-refractivity contribution in [2.45, 2.75) is 18.4 Å². The number of rotatable bonds is 8. The van der Waals surface area contributed by atoms with Crippen molar-refractivity contribution in [2.75, 3.05) is 33.9 Å². The lowest BCUT2D eigenvalue weighted by atomic mass is 10.5. The zero-order chi connectivity index (χ0) is 13.6. The van der Waals surface area contributed by atoms with Crippen LogP contribution in [0.5, 0.6) is 0 Å². The molecule has 0 bridgehead atoms. The summed E-state index contributed by atoms with van der Waals surface area (Å²) in [5, 5.41) is 4.79. The van der Waals surface area contributed by atoms with Crippen LogP contribution in [-0.4, -0.2) is 46.6 Å². The van der Waals surface area contributed by atoms with E-state index in [0.29, 0.717) is 31.1 Å². The number of sulfonamides is 1. The number of likely N-dealkylation sites (N-methyl/N-ethyl adjacent to an activating group) is 1. The van der Waals surface area contributed by atoms with E-state index in [1.807, 2.05) is 12.3 Å². The lowest BCUT2D eigenvalue weighted by Crippen LogP contribution is -2.34. The Kier molecular flexibility index (Phi) is 6.24. The molecule has 1 aromatic heterocycles. The van der Waals surface area contributed by atoms with Gasteiger partial charge in [-0.25, -0.2) is 8.42 Å². The van der Waals surface area contributed by atoms with E-state index < -0.39 is 10.0 Å². The number of nitrogens with zero attached hydrogens (tertiary/aromatic N) is 1. The molecule has 0 fully saturated rings. The fourth-order valence-electron chi connectivity index (χ4n) is 1.63. The maximum atomic E-state index is 12.5. The molecular weight excluding hydrogens is 272 g/mol. The SMILES string of the molecule is CCN(CCOC)S(=O)(=O)c1ccsc1CNC. The van der Waals surface area contributed by atoms with Gasteiger partial charge in [-0.05, 0) is 18.5 Å². The minimum atomic E-state index is -3.41. The lowest BCUT2D eigenvalue weighted by molar-refractivity contribution is 0.180. The Labute approximate surface area is 113 Å². The van der Waals surface area contributed by atoms with Crippen molar-refractivity contribution >= 4 is 21.4 Å². The molecule has 0 atom stereocenters. The Bertz CT molecular complexity index is 457. The van der Waals surface area contributed by atoms with E-state index in [4.69, 9.17) is 4.74 Å². The molecule has 5 nitrogen and oxygen atoms in total. The van der Waals surface area contributed by atoms with E-state index in [2.05, 4.69) is 5.32 Å². The van der Waals surface area contributed by atoms with Crippen LogP contribution in [0, 0.1) is 0 Å². The highest BCUT2D eigenvalue weighted by Gasteiger charge is 2.26. The summed E-state index contributed by atoms with van der Waals surface area (Å²) in [6, 6.07) is 1.67. The highest BCUT2D eigenvalue weighted by Crippen LogP contribution is 2.24. The maximum Gasteiger partial charge on any atom is 0.244 e. The average molecular weight is 292 g/mol. The smallest absolute Gasteiger partial charge is 0.244 e. The Hall–Kier alpha value is -0.470. The van der Waals surface area contributed by atoms with E-state index in [-0.39, 0.29) is 0 Å². The molecule has 1 rings (SSSR count). The van der Waals surface area contributed by atoms with Crippen molar-refractivity contribution in [3.63, 3.8) is 0 Å². The molecule has 1 heterocycles. The molecule has 0 aromatic carbocycles. The summed E-state index contributed by atoms with van der Waals surface area (Å²) in [6.45, 7) is 3.62. The molecule has 18 heavy (non-hydrogen) atoms. The van der Waals surface area contributed by atoms with Crippen molar-refractivity contribution in [2.24, 2.45) is 0 Å². The topological polar surface area (TPSA) is 58.6 Å². The minimum absolute atomic E-state index is 0.379. The first kappa shape index (κ1) is 15.6. The summed E-state index contributed by atoms with van der Waals surface area (Å²) in [4.78, 5) is 1.24. The molecule has 0 aliphatic heterocycles. The molecular formula is C11H20N2O3S2. The lowest BCUT2D eigenvalue weighted by Gasteiger charge is -2.20. The van der Waals surface area contributed by atoms with Crippen molar-refractivity contribution in [1.29, 1.82) is 0 Å². The molecule has 104 valence electrons. The summed E-state index contributed by atoms with van der Waals surface area (Å²) in [6.07, 6.45) is 0. The number of hydrogen-bond donors (Lipinski definition) is 1. The summed E-state index contributed by atoms with van der Waals surface area (Å²) < 4.78 is 31.3. The van der Waals surface area contributed by atoms with Gasteiger partial charge in [-0.15, -0.1) is 11.3 Å². The monoisotopic (exact) mass is 292 g/mol. The quantitative estimate of drug-likeness (QED) is 0.780. The second-order valence-electron chi connectivity index (χ2n) is 3.73. The molecule has 0 amide bonds. The van der Waals surface area contributed by atoms with Crippen LogP contribution in [0.15, 0.2) is 16.3 Å². The molecule has 0 saturated carbocycles. The standard InChI is InChI=1S/C11H20N2O3S2/c1-4-13(6-7-16-3)18(14,15)11-5-8-17-10(11)9-12-2/h5,8,12H,4,6-7,9H2,1-3H3. The van der Waals surface area contributed by atoms with Gasteiger partial charge in [0.1, 0.15) is 0 Å². The molecule has 1 aromatic rings. The van der Waals surface area contributed by atoms with Crippen LogP contribution < -0.4 is 5.32 Å². The van der Waals surface area contributed by atoms with Crippen LogP contribution in [0.25, 0.3) is 0 Å². The van der Waals surface area contributed by atoms with Gasteiger partial charge in [0.25, 0.3) is 0 Å². The van der Waals surface area contributed by atoms with Crippen LogP contribution in [-0.2, 0) is 21.3 Å². The molecule has 0 aliphatic rings. The van der Waals surface area contributed by atoms with E-state index in [0.717, 1.165) is 4.88 Å². The molecule has 0 aliphatic carbocycles. The average Bonchev–Trinajstić information content (AvgIpc) is 2.79. The Morgan fingerprint density at radius 2 is 2.22 bits per heavy atom. The predicted octanol–water partition coefficient (Wildman–Crippen LogP) is 1.12. The summed E-state index contributed by atoms with van der Waals surface area (Å²) in [5.74, 6) is 0. The van der Waals surface area contributed by atoms with Crippen molar-refractivity contribution in [3.8, 4) is 0 Å². The summed E-state index contributed by atoms with van der Waals surface area (Å²) in [7, 11) is -0.0380. The van der Waals surface area contributed by atoms with Crippen LogP contribution >= 0.6 is 11.3 Å². The Morgan fingerprint density at radius 3 is 2.78 bits per heavy atom. The van der Waals surface area contributed by atoms with Gasteiger partial charge in [0.05, 0.1) is 11.5 Å². The van der Waals surface area contributed by atoms with Crippen LogP contribution in [0.1, 0.15) is 11.8 Å². The third-order valence-electron chi connectivity index (χ3n) is 2.56. The largest absolute Gasteiger partial charge is 0.383 e. The highest BCUT2D eigenvalue weighted by atomic mass is 32.2. The summed E-state index contributed by atoms with van der Waals surface area (Å²) >= 11 is 1.45. The number of ether oxygens (including phenoxy) is 1. The minimum Gasteiger partial charge on any atom is -0.383 e. The van der Waals surface area contributed by atoms with Crippen molar-refractivity contribution in [3.05, 3.63) is 16.3 Å². The van der Waals surface area contributed by atoms with Gasteiger partial charge in [0, 0.05) is 31.6 Å². The molecule has 0 unspecified atom stereocenters. The first-order valence-corrected chi connectivity index (χ1v) is 8.10. The van der Waals surface area contributed by atoms with Gasteiger partial charge < -0.3 is 10.1 Å². The summed E-state index contributed by atoms with van der Waals surface area (Å²) in [5.41, 5.74) is 0. The van der Waals surface area contributed by atoms with E-state index in [9.17, 15) is 8.42 Å². The first-order valence-electron chi connectivity index (χ1n) is 5.78. The highest BCUT2D eigenvalue weighted by molar-refractivity contribution is 7.89. The first-order chi connectivity index (χ1) is 8.57. The fourth-order valence-corrected chi connectivity index (χ4v) is 4.49. The molecule has 0 saturated heterocycles. The zero-order valence-electron chi connectivity index (χ0n) is 11.0. The normalized spacial score (nSPS) is 12.2. The van der Waals surface area contributed by atoms with Crippen LogP contribution in [0.2, 0.25) is 0 Å². The van der Waals surface area contributed by atoms with E-state index >= 15 is 0 Å². The van der Waals surface area contributed by atoms with Crippen molar-refractivity contribution in [1.82, 2.24) is 9.62 Å². The number of nitrogens with one attached hydrogen (secondary N) is 1. The van der Waals surface area contributed by atoms with Gasteiger partial charge in [0.15, 0.2) is 0 Å². The van der Waals surface area contributed by atoms with Gasteiger partial charge in [-0.2, -0.15) is 4.31 Å². The fraction of sp³-hybridized carbons (Fsp3) is 0.636. The van der Waals surface area contributed by atoms with Crippen LogP contribution in [0.4, 0.5) is 0 Å². The van der Waals surface area contributed by atoms with E-state index in [1.54, 1.807) is 20.2 Å². The van der Waals surface area contributed by atoms with Gasteiger partial charge >= 0.3 is 0 Å². The van der Waals surface area contributed by atoms with Gasteiger partial charge in [-0.3, -0.25) is 0 Å². The molecule has 0 spiro atoms. The number of hydrogen-bond acceptors (Lipinski definition) is 5. The van der Waals surface area contributed by atoms with Crippen LogP contribution in [0.3, 0.4) is 0 Å². The zero-order valence-corrected chi connectivity index (χ0v) is 12.6.